The van der Waals surface area contributed by atoms with Crippen LogP contribution in [0.4, 0.5) is 5.69 Å². The number of halogens is 1. The minimum Gasteiger partial charge on any atom is -0.349 e. The minimum absolute atomic E-state index is 0. The first-order chi connectivity index (χ1) is 11.2. The van der Waals surface area contributed by atoms with Crippen molar-refractivity contribution in [2.75, 3.05) is 18.4 Å². The Labute approximate surface area is 149 Å². The molecule has 5 nitrogen and oxygen atoms in total. The molecule has 1 aromatic rings. The van der Waals surface area contributed by atoms with Gasteiger partial charge in [-0.05, 0) is 62.4 Å². The van der Waals surface area contributed by atoms with E-state index in [4.69, 9.17) is 0 Å². The van der Waals surface area contributed by atoms with E-state index in [1.165, 1.54) is 25.7 Å². The monoisotopic (exact) mass is 351 g/mol. The SMILES string of the molecule is Cl.O=C(CNCC1CC1)Nc1ccc(C(=O)NC2CCCC2)cc1. The first-order valence-corrected chi connectivity index (χ1v) is 8.62. The van der Waals surface area contributed by atoms with Gasteiger partial charge in [-0.1, -0.05) is 12.8 Å². The average molecular weight is 352 g/mol. The van der Waals surface area contributed by atoms with E-state index in [1.807, 2.05) is 0 Å². The van der Waals surface area contributed by atoms with Crippen LogP contribution in [0.25, 0.3) is 0 Å². The molecule has 6 heteroatoms. The van der Waals surface area contributed by atoms with Gasteiger partial charge in [0, 0.05) is 17.3 Å². The molecule has 0 radical (unpaired) electrons. The molecule has 0 aromatic heterocycles. The number of nitrogens with one attached hydrogen (secondary N) is 3. The number of amides is 2. The third-order valence-electron chi connectivity index (χ3n) is 4.54. The van der Waals surface area contributed by atoms with Crippen molar-refractivity contribution in [3.05, 3.63) is 29.8 Å². The van der Waals surface area contributed by atoms with Gasteiger partial charge in [0.15, 0.2) is 0 Å². The van der Waals surface area contributed by atoms with Crippen LogP contribution >= 0.6 is 12.4 Å². The Morgan fingerprint density at radius 3 is 2.29 bits per heavy atom. The van der Waals surface area contributed by atoms with Crippen LogP contribution in [-0.4, -0.2) is 30.9 Å². The molecule has 0 aliphatic heterocycles. The second-order valence-corrected chi connectivity index (χ2v) is 6.65. The van der Waals surface area contributed by atoms with Crippen LogP contribution in [0.15, 0.2) is 24.3 Å². The van der Waals surface area contributed by atoms with Crippen molar-refractivity contribution in [1.29, 1.82) is 0 Å². The van der Waals surface area contributed by atoms with Crippen LogP contribution in [0.2, 0.25) is 0 Å². The van der Waals surface area contributed by atoms with Gasteiger partial charge < -0.3 is 16.0 Å². The summed E-state index contributed by atoms with van der Waals surface area (Å²) in [4.78, 5) is 23.9. The fourth-order valence-corrected chi connectivity index (χ4v) is 2.96. The third-order valence-corrected chi connectivity index (χ3v) is 4.54. The maximum Gasteiger partial charge on any atom is 0.251 e. The van der Waals surface area contributed by atoms with Gasteiger partial charge in [-0.3, -0.25) is 9.59 Å². The summed E-state index contributed by atoms with van der Waals surface area (Å²) in [6.07, 6.45) is 7.11. The van der Waals surface area contributed by atoms with Crippen LogP contribution in [-0.2, 0) is 4.79 Å². The predicted octanol–water partition coefficient (Wildman–Crippen LogP) is 2.72. The van der Waals surface area contributed by atoms with Crippen molar-refractivity contribution in [1.82, 2.24) is 10.6 Å². The van der Waals surface area contributed by atoms with Gasteiger partial charge in [0.1, 0.15) is 0 Å². The Kier molecular flexibility index (Phi) is 7.06. The maximum atomic E-state index is 12.1. The molecule has 3 rings (SSSR count). The lowest BCUT2D eigenvalue weighted by Gasteiger charge is -2.12. The van der Waals surface area contributed by atoms with Gasteiger partial charge in [0.2, 0.25) is 5.91 Å². The second kappa shape index (κ2) is 9.04. The van der Waals surface area contributed by atoms with E-state index in [1.54, 1.807) is 24.3 Å². The van der Waals surface area contributed by atoms with E-state index < -0.39 is 0 Å². The number of rotatable bonds is 7. The highest BCUT2D eigenvalue weighted by atomic mass is 35.5. The minimum atomic E-state index is -0.0474. The molecule has 132 valence electrons. The topological polar surface area (TPSA) is 70.2 Å². The number of carbonyl (C=O) groups is 2. The molecule has 0 spiro atoms. The van der Waals surface area contributed by atoms with E-state index >= 15 is 0 Å². The molecule has 0 atom stereocenters. The van der Waals surface area contributed by atoms with E-state index in [-0.39, 0.29) is 24.2 Å². The second-order valence-electron chi connectivity index (χ2n) is 6.65. The van der Waals surface area contributed by atoms with Crippen LogP contribution in [0.5, 0.6) is 0 Å². The van der Waals surface area contributed by atoms with Crippen molar-refractivity contribution in [2.45, 2.75) is 44.6 Å². The van der Waals surface area contributed by atoms with E-state index in [9.17, 15) is 9.59 Å². The van der Waals surface area contributed by atoms with Crippen molar-refractivity contribution >= 4 is 29.9 Å². The van der Waals surface area contributed by atoms with Gasteiger partial charge >= 0.3 is 0 Å². The quantitative estimate of drug-likeness (QED) is 0.707. The molecule has 0 saturated heterocycles. The molecule has 2 aliphatic rings. The summed E-state index contributed by atoms with van der Waals surface area (Å²) >= 11 is 0. The summed E-state index contributed by atoms with van der Waals surface area (Å²) in [6, 6.07) is 7.40. The van der Waals surface area contributed by atoms with Gasteiger partial charge in [0.05, 0.1) is 6.54 Å². The molecule has 2 saturated carbocycles. The van der Waals surface area contributed by atoms with Crippen LogP contribution in [0.1, 0.15) is 48.9 Å². The first kappa shape index (κ1) is 18.7. The average Bonchev–Trinajstić information content (AvgIpc) is 3.22. The summed E-state index contributed by atoms with van der Waals surface area (Å²) < 4.78 is 0. The third kappa shape index (κ3) is 5.80. The molecule has 0 unspecified atom stereocenters. The molecule has 3 N–H and O–H groups in total. The zero-order valence-corrected chi connectivity index (χ0v) is 14.7. The molecular formula is C18H26ClN3O2. The largest absolute Gasteiger partial charge is 0.349 e. The summed E-state index contributed by atoms with van der Waals surface area (Å²) in [5, 5.41) is 9.07. The van der Waals surface area contributed by atoms with Gasteiger partial charge in [0.25, 0.3) is 5.91 Å². The molecule has 2 fully saturated rings. The van der Waals surface area contributed by atoms with Gasteiger partial charge in [-0.25, -0.2) is 0 Å². The number of anilines is 1. The van der Waals surface area contributed by atoms with Crippen LogP contribution in [0, 0.1) is 5.92 Å². The smallest absolute Gasteiger partial charge is 0.251 e. The summed E-state index contributed by atoms with van der Waals surface area (Å²) in [7, 11) is 0. The number of carbonyl (C=O) groups excluding carboxylic acids is 2. The standard InChI is InChI=1S/C18H25N3O2.ClH/c22-17(12-19-11-13-5-6-13)20-16-9-7-14(8-10-16)18(23)21-15-3-1-2-4-15;/h7-10,13,15,19H,1-6,11-12H2,(H,20,22)(H,21,23);1H. The number of hydrogen-bond acceptors (Lipinski definition) is 3. The first-order valence-electron chi connectivity index (χ1n) is 8.62. The van der Waals surface area contributed by atoms with E-state index in [0.717, 1.165) is 31.0 Å². The fourth-order valence-electron chi connectivity index (χ4n) is 2.96. The zero-order chi connectivity index (χ0) is 16.1. The van der Waals surface area contributed by atoms with Crippen LogP contribution in [0.3, 0.4) is 0 Å². The van der Waals surface area contributed by atoms with Crippen molar-refractivity contribution in [3.63, 3.8) is 0 Å². The van der Waals surface area contributed by atoms with Gasteiger partial charge in [-0.15, -0.1) is 12.4 Å². The Hall–Kier alpha value is -1.59. The van der Waals surface area contributed by atoms with Crippen LogP contribution < -0.4 is 16.0 Å². The number of benzene rings is 1. The van der Waals surface area contributed by atoms with E-state index in [2.05, 4.69) is 16.0 Å². The van der Waals surface area contributed by atoms with E-state index in [0.29, 0.717) is 18.2 Å². The fraction of sp³-hybridized carbons (Fsp3) is 0.556. The lowest BCUT2D eigenvalue weighted by molar-refractivity contribution is -0.115. The summed E-state index contributed by atoms with van der Waals surface area (Å²) in [5.74, 6) is 0.690. The molecule has 24 heavy (non-hydrogen) atoms. The maximum absolute atomic E-state index is 12.1. The predicted molar refractivity (Wildman–Crippen MR) is 97.6 cm³/mol. The molecule has 0 heterocycles. The molecule has 2 aliphatic carbocycles. The number of hydrogen-bond donors (Lipinski definition) is 3. The lowest BCUT2D eigenvalue weighted by atomic mass is 10.1. The van der Waals surface area contributed by atoms with Gasteiger partial charge in [-0.2, -0.15) is 0 Å². The van der Waals surface area contributed by atoms with Crippen molar-refractivity contribution in [3.8, 4) is 0 Å². The highest BCUT2D eigenvalue weighted by molar-refractivity contribution is 5.96. The lowest BCUT2D eigenvalue weighted by Crippen LogP contribution is -2.32. The summed E-state index contributed by atoms with van der Waals surface area (Å²) in [5.41, 5.74) is 1.36. The van der Waals surface area contributed by atoms with Crippen molar-refractivity contribution < 1.29 is 9.59 Å². The van der Waals surface area contributed by atoms with Crippen molar-refractivity contribution in [2.24, 2.45) is 5.92 Å². The Balaban J connectivity index is 0.00000208. The molecule has 2 amide bonds. The Bertz CT molecular complexity index is 552. The highest BCUT2D eigenvalue weighted by Crippen LogP contribution is 2.27. The molecular weight excluding hydrogens is 326 g/mol. The normalized spacial score (nSPS) is 17.2. The summed E-state index contributed by atoms with van der Waals surface area (Å²) in [6.45, 7) is 1.26. The molecule has 1 aromatic carbocycles. The Morgan fingerprint density at radius 1 is 1.00 bits per heavy atom. The zero-order valence-electron chi connectivity index (χ0n) is 13.8. The molecule has 0 bridgehead atoms. The highest BCUT2D eigenvalue weighted by Gasteiger charge is 2.20. The Morgan fingerprint density at radius 2 is 1.67 bits per heavy atom.